The second kappa shape index (κ2) is 5.78. The fourth-order valence-electron chi connectivity index (χ4n) is 4.25. The number of carbonyl (C=O) groups is 2. The number of para-hydroxylation sites is 1. The molecule has 6 heteroatoms. The SMILES string of the molecule is O=C(N[C@@H]1C[C@H]2C[C@@H]1C[C@H]2C(=O)O)c1cncn1-c1ccccc1. The Morgan fingerprint density at radius 1 is 1.12 bits per heavy atom. The maximum atomic E-state index is 12.7. The third-order valence-corrected chi connectivity index (χ3v) is 5.40. The van der Waals surface area contributed by atoms with E-state index in [1.54, 1.807) is 17.1 Å². The molecule has 0 saturated heterocycles. The molecule has 1 amide bonds. The van der Waals surface area contributed by atoms with Crippen LogP contribution in [0.3, 0.4) is 0 Å². The van der Waals surface area contributed by atoms with E-state index in [9.17, 15) is 14.7 Å². The molecule has 2 aliphatic carbocycles. The first kappa shape index (κ1) is 14.9. The molecule has 124 valence electrons. The van der Waals surface area contributed by atoms with Crippen LogP contribution in [0.1, 0.15) is 29.8 Å². The van der Waals surface area contributed by atoms with E-state index >= 15 is 0 Å². The van der Waals surface area contributed by atoms with Crippen molar-refractivity contribution in [1.82, 2.24) is 14.9 Å². The summed E-state index contributed by atoms with van der Waals surface area (Å²) in [4.78, 5) is 28.0. The van der Waals surface area contributed by atoms with E-state index in [4.69, 9.17) is 0 Å². The minimum absolute atomic E-state index is 0.0669. The van der Waals surface area contributed by atoms with Gasteiger partial charge in [0.15, 0.2) is 0 Å². The van der Waals surface area contributed by atoms with Crippen molar-refractivity contribution < 1.29 is 14.7 Å². The summed E-state index contributed by atoms with van der Waals surface area (Å²) >= 11 is 0. The molecule has 6 nitrogen and oxygen atoms in total. The van der Waals surface area contributed by atoms with Gasteiger partial charge in [0.25, 0.3) is 5.91 Å². The first-order valence-electron chi connectivity index (χ1n) is 8.25. The lowest BCUT2D eigenvalue weighted by atomic mass is 9.86. The lowest BCUT2D eigenvalue weighted by Gasteiger charge is -2.26. The van der Waals surface area contributed by atoms with Crippen LogP contribution in [0.15, 0.2) is 42.9 Å². The lowest BCUT2D eigenvalue weighted by Crippen LogP contribution is -2.41. The minimum atomic E-state index is -0.700. The zero-order valence-corrected chi connectivity index (χ0v) is 13.1. The van der Waals surface area contributed by atoms with Crippen LogP contribution in [0.5, 0.6) is 0 Å². The fraction of sp³-hybridized carbons (Fsp3) is 0.389. The van der Waals surface area contributed by atoms with Gasteiger partial charge in [-0.15, -0.1) is 0 Å². The molecular formula is C18H19N3O3. The normalized spacial score (nSPS) is 28.0. The smallest absolute Gasteiger partial charge is 0.306 e. The number of hydrogen-bond donors (Lipinski definition) is 2. The number of imidazole rings is 1. The second-order valence-corrected chi connectivity index (χ2v) is 6.74. The first-order chi connectivity index (χ1) is 11.6. The van der Waals surface area contributed by atoms with Gasteiger partial charge in [-0.1, -0.05) is 18.2 Å². The summed E-state index contributed by atoms with van der Waals surface area (Å²) in [7, 11) is 0. The van der Waals surface area contributed by atoms with Gasteiger partial charge in [0.2, 0.25) is 0 Å². The second-order valence-electron chi connectivity index (χ2n) is 6.74. The van der Waals surface area contributed by atoms with E-state index in [-0.39, 0.29) is 29.7 Å². The van der Waals surface area contributed by atoms with Gasteiger partial charge in [0.05, 0.1) is 18.4 Å². The number of aromatic nitrogens is 2. The molecule has 2 fully saturated rings. The van der Waals surface area contributed by atoms with Gasteiger partial charge in [0, 0.05) is 11.7 Å². The molecule has 0 aliphatic heterocycles. The van der Waals surface area contributed by atoms with Crippen LogP contribution in [0, 0.1) is 17.8 Å². The summed E-state index contributed by atoms with van der Waals surface area (Å²) in [6.07, 6.45) is 5.52. The number of aliphatic carboxylic acids is 1. The average molecular weight is 325 g/mol. The van der Waals surface area contributed by atoms with E-state index in [1.165, 1.54) is 0 Å². The van der Waals surface area contributed by atoms with Crippen LogP contribution in [0.25, 0.3) is 5.69 Å². The molecule has 2 aliphatic rings. The van der Waals surface area contributed by atoms with Crippen LogP contribution in [0.2, 0.25) is 0 Å². The van der Waals surface area contributed by atoms with Crippen LogP contribution in [0.4, 0.5) is 0 Å². The van der Waals surface area contributed by atoms with Crippen LogP contribution in [-0.2, 0) is 4.79 Å². The Balaban J connectivity index is 1.48. The fourth-order valence-corrected chi connectivity index (χ4v) is 4.25. The van der Waals surface area contributed by atoms with Crippen molar-refractivity contribution in [3.63, 3.8) is 0 Å². The summed E-state index contributed by atoms with van der Waals surface area (Å²) < 4.78 is 1.77. The van der Waals surface area contributed by atoms with Crippen molar-refractivity contribution in [2.24, 2.45) is 17.8 Å². The molecule has 4 rings (SSSR count). The van der Waals surface area contributed by atoms with Crippen molar-refractivity contribution in [2.45, 2.75) is 25.3 Å². The van der Waals surface area contributed by atoms with E-state index < -0.39 is 5.97 Å². The average Bonchev–Trinajstić information content (AvgIpc) is 3.30. The molecule has 2 aromatic rings. The number of carboxylic acid groups (broad SMARTS) is 1. The number of nitrogens with zero attached hydrogens (tertiary/aromatic N) is 2. The largest absolute Gasteiger partial charge is 0.481 e. The monoisotopic (exact) mass is 325 g/mol. The predicted octanol–water partition coefficient (Wildman–Crippen LogP) is 2.10. The Hall–Kier alpha value is -2.63. The number of rotatable bonds is 4. The summed E-state index contributed by atoms with van der Waals surface area (Å²) in [5.74, 6) is -0.627. The number of benzene rings is 1. The standard InChI is InChI=1S/C18H19N3O3/c22-17(16-9-19-10-21(16)13-4-2-1-3-5-13)20-15-8-11-6-12(15)7-14(11)18(23)24/h1-5,9-12,14-15H,6-8H2,(H,20,22)(H,23,24)/t11-,12-,14-,15-/m1/s1. The van der Waals surface area contributed by atoms with Gasteiger partial charge in [-0.2, -0.15) is 0 Å². The molecular weight excluding hydrogens is 306 g/mol. The molecule has 1 heterocycles. The van der Waals surface area contributed by atoms with Crippen LogP contribution < -0.4 is 5.32 Å². The molecule has 2 bridgehead atoms. The number of amides is 1. The molecule has 2 N–H and O–H groups in total. The Labute approximate surface area is 139 Å². The maximum absolute atomic E-state index is 12.7. The number of hydrogen-bond acceptors (Lipinski definition) is 3. The molecule has 24 heavy (non-hydrogen) atoms. The summed E-state index contributed by atoms with van der Waals surface area (Å²) in [6, 6.07) is 9.67. The Bertz CT molecular complexity index is 771. The summed E-state index contributed by atoms with van der Waals surface area (Å²) in [5.41, 5.74) is 1.39. The molecule has 2 saturated carbocycles. The molecule has 0 radical (unpaired) electrons. The summed E-state index contributed by atoms with van der Waals surface area (Å²) in [5, 5.41) is 12.3. The highest BCUT2D eigenvalue weighted by atomic mass is 16.4. The highest BCUT2D eigenvalue weighted by Crippen LogP contribution is 2.48. The van der Waals surface area contributed by atoms with Crippen molar-refractivity contribution in [3.05, 3.63) is 48.5 Å². The topological polar surface area (TPSA) is 84.2 Å². The van der Waals surface area contributed by atoms with Gasteiger partial charge in [-0.25, -0.2) is 4.98 Å². The van der Waals surface area contributed by atoms with Gasteiger partial charge in [0.1, 0.15) is 5.69 Å². The quantitative estimate of drug-likeness (QED) is 0.901. The number of nitrogens with one attached hydrogen (secondary N) is 1. The van der Waals surface area contributed by atoms with Gasteiger partial charge >= 0.3 is 5.97 Å². The molecule has 1 aromatic carbocycles. The van der Waals surface area contributed by atoms with Crippen molar-refractivity contribution in [1.29, 1.82) is 0 Å². The molecule has 1 aromatic heterocycles. The van der Waals surface area contributed by atoms with Crippen molar-refractivity contribution in [2.75, 3.05) is 0 Å². The Kier molecular flexibility index (Phi) is 3.59. The lowest BCUT2D eigenvalue weighted by molar-refractivity contribution is -0.143. The third kappa shape index (κ3) is 2.48. The van der Waals surface area contributed by atoms with E-state index in [1.807, 2.05) is 30.3 Å². The number of carboxylic acids is 1. The van der Waals surface area contributed by atoms with E-state index in [2.05, 4.69) is 10.3 Å². The first-order valence-corrected chi connectivity index (χ1v) is 8.25. The minimum Gasteiger partial charge on any atom is -0.481 e. The zero-order valence-electron chi connectivity index (χ0n) is 13.1. The van der Waals surface area contributed by atoms with Crippen LogP contribution in [-0.4, -0.2) is 32.6 Å². The molecule has 0 unspecified atom stereocenters. The zero-order chi connectivity index (χ0) is 16.7. The van der Waals surface area contributed by atoms with Gasteiger partial charge in [-0.3, -0.25) is 14.2 Å². The Morgan fingerprint density at radius 2 is 1.92 bits per heavy atom. The van der Waals surface area contributed by atoms with Gasteiger partial charge in [-0.05, 0) is 43.2 Å². The molecule has 0 spiro atoms. The summed E-state index contributed by atoms with van der Waals surface area (Å²) in [6.45, 7) is 0. The highest BCUT2D eigenvalue weighted by molar-refractivity contribution is 5.93. The Morgan fingerprint density at radius 3 is 2.58 bits per heavy atom. The predicted molar refractivity (Wildman–Crippen MR) is 86.8 cm³/mol. The number of carbonyl (C=O) groups excluding carboxylic acids is 1. The van der Waals surface area contributed by atoms with Crippen molar-refractivity contribution >= 4 is 11.9 Å². The number of fused-ring (bicyclic) bond motifs is 2. The maximum Gasteiger partial charge on any atom is 0.306 e. The third-order valence-electron chi connectivity index (χ3n) is 5.40. The van der Waals surface area contributed by atoms with Gasteiger partial charge < -0.3 is 10.4 Å². The van der Waals surface area contributed by atoms with E-state index in [0.717, 1.165) is 18.5 Å². The highest BCUT2D eigenvalue weighted by Gasteiger charge is 2.49. The van der Waals surface area contributed by atoms with E-state index in [0.29, 0.717) is 12.1 Å². The molecule has 4 atom stereocenters. The van der Waals surface area contributed by atoms with Crippen LogP contribution >= 0.6 is 0 Å². The van der Waals surface area contributed by atoms with Crippen molar-refractivity contribution in [3.8, 4) is 5.69 Å².